The lowest BCUT2D eigenvalue weighted by Gasteiger charge is -2.38. The summed E-state index contributed by atoms with van der Waals surface area (Å²) in [5.74, 6) is 0. The Balaban J connectivity index is 1.87. The Hall–Kier alpha value is -1.06. The van der Waals surface area contributed by atoms with Gasteiger partial charge in [0.15, 0.2) is 0 Å². The molecule has 3 heteroatoms. The van der Waals surface area contributed by atoms with E-state index in [1.807, 2.05) is 0 Å². The minimum absolute atomic E-state index is 0.541. The number of nitrogens with one attached hydrogen (secondary N) is 1. The molecule has 0 amide bonds. The summed E-state index contributed by atoms with van der Waals surface area (Å²) in [5.41, 5.74) is 2.73. The van der Waals surface area contributed by atoms with Crippen molar-refractivity contribution < 1.29 is 0 Å². The second-order valence-corrected chi connectivity index (χ2v) is 6.32. The predicted molar refractivity (Wildman–Crippen MR) is 87.3 cm³/mol. The first kappa shape index (κ1) is 15.3. The van der Waals surface area contributed by atoms with Gasteiger partial charge in [0.05, 0.1) is 0 Å². The number of benzene rings is 1. The Bertz CT molecular complexity index is 389. The summed E-state index contributed by atoms with van der Waals surface area (Å²) in [7, 11) is 0. The highest BCUT2D eigenvalue weighted by Crippen LogP contribution is 2.18. The van der Waals surface area contributed by atoms with Crippen molar-refractivity contribution >= 4 is 5.69 Å². The van der Waals surface area contributed by atoms with E-state index in [1.54, 1.807) is 0 Å². The van der Waals surface area contributed by atoms with Crippen molar-refractivity contribution in [1.82, 2.24) is 10.2 Å². The maximum absolute atomic E-state index is 3.46. The van der Waals surface area contributed by atoms with Crippen LogP contribution in [0.5, 0.6) is 0 Å². The van der Waals surface area contributed by atoms with Crippen LogP contribution in [0.25, 0.3) is 0 Å². The van der Waals surface area contributed by atoms with E-state index in [4.69, 9.17) is 0 Å². The summed E-state index contributed by atoms with van der Waals surface area (Å²) in [4.78, 5) is 5.05. The van der Waals surface area contributed by atoms with E-state index in [-0.39, 0.29) is 0 Å². The van der Waals surface area contributed by atoms with Gasteiger partial charge in [-0.2, -0.15) is 0 Å². The molecule has 1 aromatic rings. The lowest BCUT2D eigenvalue weighted by molar-refractivity contribution is 0.209. The number of rotatable bonds is 5. The molecule has 1 aliphatic rings. The Labute approximate surface area is 124 Å². The minimum atomic E-state index is 0.541. The lowest BCUT2D eigenvalue weighted by Crippen LogP contribution is -2.48. The third kappa shape index (κ3) is 4.22. The van der Waals surface area contributed by atoms with E-state index in [0.29, 0.717) is 12.1 Å². The first-order chi connectivity index (χ1) is 9.56. The van der Waals surface area contributed by atoms with Crippen LogP contribution in [0.1, 0.15) is 33.3 Å². The number of piperazine rings is 1. The molecule has 1 aliphatic heterocycles. The lowest BCUT2D eigenvalue weighted by atomic mass is 10.1. The Morgan fingerprint density at radius 3 is 2.05 bits per heavy atom. The molecule has 1 heterocycles. The number of hydrogen-bond acceptors (Lipinski definition) is 3. The van der Waals surface area contributed by atoms with E-state index < -0.39 is 0 Å². The first-order valence-electron chi connectivity index (χ1n) is 7.87. The van der Waals surface area contributed by atoms with Crippen LogP contribution in [0.2, 0.25) is 0 Å². The smallest absolute Gasteiger partial charge is 0.0367 e. The van der Waals surface area contributed by atoms with Crippen molar-refractivity contribution in [3.8, 4) is 0 Å². The molecule has 20 heavy (non-hydrogen) atoms. The van der Waals surface area contributed by atoms with Gasteiger partial charge in [-0.1, -0.05) is 26.0 Å². The maximum atomic E-state index is 3.46. The van der Waals surface area contributed by atoms with Gasteiger partial charge >= 0.3 is 0 Å². The molecule has 0 bridgehead atoms. The van der Waals surface area contributed by atoms with Gasteiger partial charge in [-0.25, -0.2) is 0 Å². The summed E-state index contributed by atoms with van der Waals surface area (Å²) in [5, 5.41) is 3.46. The second kappa shape index (κ2) is 7.09. The SMILES string of the molecule is CC(C)NCc1ccc(N2CCN(C(C)C)CC2)cc1. The number of hydrogen-bond donors (Lipinski definition) is 1. The summed E-state index contributed by atoms with van der Waals surface area (Å²) < 4.78 is 0. The van der Waals surface area contributed by atoms with Crippen LogP contribution in [0.15, 0.2) is 24.3 Å². The van der Waals surface area contributed by atoms with Crippen LogP contribution < -0.4 is 10.2 Å². The normalized spacial score (nSPS) is 17.2. The molecule has 0 atom stereocenters. The van der Waals surface area contributed by atoms with Crippen LogP contribution in [0.4, 0.5) is 5.69 Å². The molecule has 112 valence electrons. The third-order valence-corrected chi connectivity index (χ3v) is 4.06. The standard InChI is InChI=1S/C17H29N3/c1-14(2)18-13-16-5-7-17(8-6-16)20-11-9-19(10-12-20)15(3)4/h5-8,14-15,18H,9-13H2,1-4H3. The van der Waals surface area contributed by atoms with Crippen molar-refractivity contribution in [2.45, 2.75) is 46.3 Å². The Kier molecular flexibility index (Phi) is 5.44. The van der Waals surface area contributed by atoms with Gasteiger partial charge < -0.3 is 10.2 Å². The molecule has 0 unspecified atom stereocenters. The average molecular weight is 275 g/mol. The fourth-order valence-electron chi connectivity index (χ4n) is 2.64. The van der Waals surface area contributed by atoms with Crippen LogP contribution >= 0.6 is 0 Å². The molecule has 1 N–H and O–H groups in total. The Morgan fingerprint density at radius 2 is 1.55 bits per heavy atom. The molecule has 1 fully saturated rings. The molecule has 0 spiro atoms. The van der Waals surface area contributed by atoms with E-state index in [0.717, 1.165) is 19.6 Å². The molecule has 0 radical (unpaired) electrons. The fourth-order valence-corrected chi connectivity index (χ4v) is 2.64. The zero-order valence-electron chi connectivity index (χ0n) is 13.4. The van der Waals surface area contributed by atoms with Crippen molar-refractivity contribution in [3.63, 3.8) is 0 Å². The van der Waals surface area contributed by atoms with Crippen LogP contribution in [0, 0.1) is 0 Å². The van der Waals surface area contributed by atoms with Gasteiger partial charge in [0.1, 0.15) is 0 Å². The second-order valence-electron chi connectivity index (χ2n) is 6.32. The van der Waals surface area contributed by atoms with Gasteiger partial charge in [0, 0.05) is 50.5 Å². The highest BCUT2D eigenvalue weighted by molar-refractivity contribution is 5.48. The monoisotopic (exact) mass is 275 g/mol. The zero-order valence-corrected chi connectivity index (χ0v) is 13.4. The van der Waals surface area contributed by atoms with E-state index in [2.05, 4.69) is 67.1 Å². The van der Waals surface area contributed by atoms with Gasteiger partial charge in [-0.3, -0.25) is 4.90 Å². The highest BCUT2D eigenvalue weighted by atomic mass is 15.3. The van der Waals surface area contributed by atoms with Crippen molar-refractivity contribution in [3.05, 3.63) is 29.8 Å². The largest absolute Gasteiger partial charge is 0.369 e. The molecule has 0 saturated carbocycles. The van der Waals surface area contributed by atoms with E-state index in [1.165, 1.54) is 24.3 Å². The Morgan fingerprint density at radius 1 is 0.950 bits per heavy atom. The van der Waals surface area contributed by atoms with Crippen LogP contribution in [-0.4, -0.2) is 43.2 Å². The van der Waals surface area contributed by atoms with Gasteiger partial charge in [-0.05, 0) is 31.5 Å². The van der Waals surface area contributed by atoms with Crippen molar-refractivity contribution in [2.24, 2.45) is 0 Å². The first-order valence-corrected chi connectivity index (χ1v) is 7.87. The summed E-state index contributed by atoms with van der Waals surface area (Å²) in [6.45, 7) is 14.5. The van der Waals surface area contributed by atoms with Crippen molar-refractivity contribution in [2.75, 3.05) is 31.1 Å². The predicted octanol–water partition coefficient (Wildman–Crippen LogP) is 2.72. The minimum Gasteiger partial charge on any atom is -0.369 e. The molecule has 3 nitrogen and oxygen atoms in total. The molecular weight excluding hydrogens is 246 g/mol. The van der Waals surface area contributed by atoms with E-state index >= 15 is 0 Å². The van der Waals surface area contributed by atoms with Gasteiger partial charge in [0.25, 0.3) is 0 Å². The molecule has 1 saturated heterocycles. The van der Waals surface area contributed by atoms with Gasteiger partial charge in [-0.15, -0.1) is 0 Å². The maximum Gasteiger partial charge on any atom is 0.0367 e. The fraction of sp³-hybridized carbons (Fsp3) is 0.647. The van der Waals surface area contributed by atoms with Crippen LogP contribution in [-0.2, 0) is 6.54 Å². The molecule has 0 aromatic heterocycles. The quantitative estimate of drug-likeness (QED) is 0.891. The van der Waals surface area contributed by atoms with Gasteiger partial charge in [0.2, 0.25) is 0 Å². The summed E-state index contributed by atoms with van der Waals surface area (Å²) in [6, 6.07) is 10.2. The topological polar surface area (TPSA) is 18.5 Å². The molecule has 1 aromatic carbocycles. The number of nitrogens with zero attached hydrogens (tertiary/aromatic N) is 2. The van der Waals surface area contributed by atoms with Crippen LogP contribution in [0.3, 0.4) is 0 Å². The molecular formula is C17H29N3. The van der Waals surface area contributed by atoms with E-state index in [9.17, 15) is 0 Å². The summed E-state index contributed by atoms with van der Waals surface area (Å²) >= 11 is 0. The molecule has 2 rings (SSSR count). The van der Waals surface area contributed by atoms with Crippen molar-refractivity contribution in [1.29, 1.82) is 0 Å². The highest BCUT2D eigenvalue weighted by Gasteiger charge is 2.18. The summed E-state index contributed by atoms with van der Waals surface area (Å²) in [6.07, 6.45) is 0. The third-order valence-electron chi connectivity index (χ3n) is 4.06. The average Bonchev–Trinajstić information content (AvgIpc) is 2.46. The zero-order chi connectivity index (χ0) is 14.5. The number of anilines is 1. The molecule has 0 aliphatic carbocycles.